The van der Waals surface area contributed by atoms with Crippen molar-refractivity contribution in [1.29, 1.82) is 0 Å². The number of benzene rings is 1. The fourth-order valence-corrected chi connectivity index (χ4v) is 3.69. The molecule has 0 unspecified atom stereocenters. The largest absolute Gasteiger partial charge is 0.342 e. The summed E-state index contributed by atoms with van der Waals surface area (Å²) in [6.07, 6.45) is 5.30. The number of amides is 2. The first-order chi connectivity index (χ1) is 14.5. The van der Waals surface area contributed by atoms with Gasteiger partial charge in [0.15, 0.2) is 5.65 Å². The van der Waals surface area contributed by atoms with Gasteiger partial charge < -0.3 is 14.8 Å². The molecular weight excluding hydrogens is 380 g/mol. The summed E-state index contributed by atoms with van der Waals surface area (Å²) < 4.78 is 3.53. The van der Waals surface area contributed by atoms with E-state index in [1.165, 1.54) is 0 Å². The number of rotatable bonds is 6. The monoisotopic (exact) mass is 404 g/mol. The maximum atomic E-state index is 12.9. The summed E-state index contributed by atoms with van der Waals surface area (Å²) in [5, 5.41) is 8.23. The van der Waals surface area contributed by atoms with E-state index in [2.05, 4.69) is 15.4 Å². The Kier molecular flexibility index (Phi) is 5.22. The van der Waals surface area contributed by atoms with Crippen LogP contribution in [0.25, 0.3) is 16.6 Å². The normalized spacial score (nSPS) is 11.2. The molecule has 4 aromatic rings. The standard InChI is InChI=1S/C22H24N6O2/c1-4-26(5-2)19(29)14-27-12-9-16-13-17(7-8-18(16)27)24-22(30)20-15(3)25-28-11-6-10-23-21(20)28/h6-13H,4-5,14H2,1-3H3,(H,24,30). The Hall–Kier alpha value is -3.68. The Morgan fingerprint density at radius 1 is 1.13 bits per heavy atom. The molecule has 0 saturated heterocycles. The first-order valence-corrected chi connectivity index (χ1v) is 9.99. The number of anilines is 1. The molecule has 0 spiro atoms. The maximum absolute atomic E-state index is 12.9. The van der Waals surface area contributed by atoms with Gasteiger partial charge in [-0.2, -0.15) is 5.10 Å². The van der Waals surface area contributed by atoms with Gasteiger partial charge in [0.2, 0.25) is 5.91 Å². The number of nitrogens with one attached hydrogen (secondary N) is 1. The van der Waals surface area contributed by atoms with Crippen LogP contribution in [0.3, 0.4) is 0 Å². The molecule has 0 aliphatic heterocycles. The second-order valence-corrected chi connectivity index (χ2v) is 7.09. The first-order valence-electron chi connectivity index (χ1n) is 9.99. The minimum absolute atomic E-state index is 0.0888. The molecule has 3 aromatic heterocycles. The van der Waals surface area contributed by atoms with Crippen LogP contribution in [0.4, 0.5) is 5.69 Å². The molecule has 8 nitrogen and oxygen atoms in total. The van der Waals surface area contributed by atoms with Crippen molar-refractivity contribution < 1.29 is 9.59 Å². The van der Waals surface area contributed by atoms with E-state index < -0.39 is 0 Å². The van der Waals surface area contributed by atoms with E-state index in [9.17, 15) is 9.59 Å². The van der Waals surface area contributed by atoms with Gasteiger partial charge in [0, 0.05) is 48.3 Å². The molecule has 0 fully saturated rings. The zero-order chi connectivity index (χ0) is 21.3. The summed E-state index contributed by atoms with van der Waals surface area (Å²) in [5.41, 5.74) is 3.22. The summed E-state index contributed by atoms with van der Waals surface area (Å²) in [7, 11) is 0. The lowest BCUT2D eigenvalue weighted by Gasteiger charge is -2.19. The highest BCUT2D eigenvalue weighted by molar-refractivity contribution is 6.09. The molecule has 0 radical (unpaired) electrons. The van der Waals surface area contributed by atoms with Crippen LogP contribution in [0.5, 0.6) is 0 Å². The molecule has 0 saturated carbocycles. The van der Waals surface area contributed by atoms with E-state index in [1.54, 1.807) is 29.9 Å². The van der Waals surface area contributed by atoms with Crippen LogP contribution in [-0.2, 0) is 11.3 Å². The number of carbonyl (C=O) groups is 2. The molecular formula is C22H24N6O2. The van der Waals surface area contributed by atoms with Crippen LogP contribution in [0, 0.1) is 6.92 Å². The molecule has 1 aromatic carbocycles. The number of fused-ring (bicyclic) bond motifs is 2. The van der Waals surface area contributed by atoms with E-state index in [1.807, 2.05) is 53.8 Å². The van der Waals surface area contributed by atoms with Gasteiger partial charge in [-0.05, 0) is 51.1 Å². The van der Waals surface area contributed by atoms with Gasteiger partial charge in [0.25, 0.3) is 5.91 Å². The van der Waals surface area contributed by atoms with Gasteiger partial charge in [0.05, 0.1) is 5.69 Å². The van der Waals surface area contributed by atoms with Crippen LogP contribution in [0.15, 0.2) is 48.9 Å². The number of carbonyl (C=O) groups excluding carboxylic acids is 2. The molecule has 2 amide bonds. The van der Waals surface area contributed by atoms with Crippen LogP contribution in [0.2, 0.25) is 0 Å². The average molecular weight is 404 g/mol. The fraction of sp³-hybridized carbons (Fsp3) is 0.273. The van der Waals surface area contributed by atoms with Gasteiger partial charge in [-0.15, -0.1) is 0 Å². The SMILES string of the molecule is CCN(CC)C(=O)Cn1ccc2cc(NC(=O)c3c(C)nn4cccnc34)ccc21. The van der Waals surface area contributed by atoms with Crippen molar-refractivity contribution in [2.75, 3.05) is 18.4 Å². The number of hydrogen-bond donors (Lipinski definition) is 1. The number of aryl methyl sites for hydroxylation is 1. The minimum atomic E-state index is -0.253. The van der Waals surface area contributed by atoms with E-state index in [4.69, 9.17) is 0 Å². The summed E-state index contributed by atoms with van der Waals surface area (Å²) in [4.78, 5) is 31.4. The highest BCUT2D eigenvalue weighted by atomic mass is 16.2. The lowest BCUT2D eigenvalue weighted by atomic mass is 10.2. The van der Waals surface area contributed by atoms with Gasteiger partial charge in [-0.3, -0.25) is 9.59 Å². The van der Waals surface area contributed by atoms with E-state index in [0.717, 1.165) is 10.9 Å². The third kappa shape index (κ3) is 3.52. The van der Waals surface area contributed by atoms with E-state index in [-0.39, 0.29) is 11.8 Å². The van der Waals surface area contributed by atoms with Gasteiger partial charge in [-0.1, -0.05) is 0 Å². The zero-order valence-corrected chi connectivity index (χ0v) is 17.3. The van der Waals surface area contributed by atoms with Crippen molar-refractivity contribution in [3.8, 4) is 0 Å². The molecule has 154 valence electrons. The smallest absolute Gasteiger partial charge is 0.261 e. The van der Waals surface area contributed by atoms with Crippen molar-refractivity contribution in [1.82, 2.24) is 24.1 Å². The molecule has 1 N–H and O–H groups in total. The van der Waals surface area contributed by atoms with E-state index >= 15 is 0 Å². The predicted octanol–water partition coefficient (Wildman–Crippen LogP) is 3.11. The molecule has 30 heavy (non-hydrogen) atoms. The number of nitrogens with zero attached hydrogens (tertiary/aromatic N) is 5. The van der Waals surface area contributed by atoms with Crippen LogP contribution in [-0.4, -0.2) is 49.0 Å². The molecule has 3 heterocycles. The third-order valence-corrected chi connectivity index (χ3v) is 5.25. The Bertz CT molecular complexity index is 1240. The topological polar surface area (TPSA) is 84.5 Å². The van der Waals surface area contributed by atoms with Crippen LogP contribution >= 0.6 is 0 Å². The molecule has 0 aliphatic carbocycles. The minimum Gasteiger partial charge on any atom is -0.342 e. The number of likely N-dealkylation sites (N-methyl/N-ethyl adjacent to an activating group) is 1. The van der Waals surface area contributed by atoms with Crippen molar-refractivity contribution in [3.05, 3.63) is 60.2 Å². The Morgan fingerprint density at radius 2 is 1.93 bits per heavy atom. The Morgan fingerprint density at radius 3 is 2.70 bits per heavy atom. The second-order valence-electron chi connectivity index (χ2n) is 7.09. The van der Waals surface area contributed by atoms with Crippen molar-refractivity contribution in [3.63, 3.8) is 0 Å². The number of aromatic nitrogens is 4. The van der Waals surface area contributed by atoms with Crippen LogP contribution < -0.4 is 5.32 Å². The molecule has 8 heteroatoms. The highest BCUT2D eigenvalue weighted by Gasteiger charge is 2.18. The lowest BCUT2D eigenvalue weighted by molar-refractivity contribution is -0.131. The van der Waals surface area contributed by atoms with Crippen molar-refractivity contribution in [2.24, 2.45) is 0 Å². The highest BCUT2D eigenvalue weighted by Crippen LogP contribution is 2.22. The first kappa shape index (κ1) is 19.6. The quantitative estimate of drug-likeness (QED) is 0.535. The Balaban J connectivity index is 1.56. The number of hydrogen-bond acceptors (Lipinski definition) is 4. The summed E-state index contributed by atoms with van der Waals surface area (Å²) >= 11 is 0. The predicted molar refractivity (Wildman–Crippen MR) is 116 cm³/mol. The average Bonchev–Trinajstić information content (AvgIpc) is 3.28. The molecule has 0 bridgehead atoms. The fourth-order valence-electron chi connectivity index (χ4n) is 3.69. The third-order valence-electron chi connectivity index (χ3n) is 5.25. The molecule has 0 aliphatic rings. The maximum Gasteiger partial charge on any atom is 0.261 e. The van der Waals surface area contributed by atoms with Gasteiger partial charge >= 0.3 is 0 Å². The molecule has 4 rings (SSSR count). The lowest BCUT2D eigenvalue weighted by Crippen LogP contribution is -2.33. The van der Waals surface area contributed by atoms with Gasteiger partial charge in [0.1, 0.15) is 12.1 Å². The summed E-state index contributed by atoms with van der Waals surface area (Å²) in [5.74, 6) is -0.164. The molecule has 0 atom stereocenters. The summed E-state index contributed by atoms with van der Waals surface area (Å²) in [6.45, 7) is 7.44. The van der Waals surface area contributed by atoms with Gasteiger partial charge in [-0.25, -0.2) is 9.50 Å². The second kappa shape index (κ2) is 7.98. The zero-order valence-electron chi connectivity index (χ0n) is 17.3. The van der Waals surface area contributed by atoms with E-state index in [0.29, 0.717) is 42.2 Å². The van der Waals surface area contributed by atoms with Crippen molar-refractivity contribution in [2.45, 2.75) is 27.3 Å². The Labute approximate surface area is 174 Å². The van der Waals surface area contributed by atoms with Crippen molar-refractivity contribution >= 4 is 34.1 Å². The summed E-state index contributed by atoms with van der Waals surface area (Å²) in [6, 6.07) is 9.38. The van der Waals surface area contributed by atoms with Crippen LogP contribution in [0.1, 0.15) is 29.9 Å².